The van der Waals surface area contributed by atoms with E-state index in [0.29, 0.717) is 19.0 Å². The van der Waals surface area contributed by atoms with Crippen molar-refractivity contribution >= 4 is 5.96 Å². The maximum absolute atomic E-state index is 5.29. The van der Waals surface area contributed by atoms with E-state index in [4.69, 9.17) is 6.42 Å². The Kier molecular flexibility index (Phi) is 5.81. The molecule has 0 unspecified atom stereocenters. The number of benzene rings is 1. The third-order valence-electron chi connectivity index (χ3n) is 3.34. The highest BCUT2D eigenvalue weighted by Crippen LogP contribution is 2.17. The van der Waals surface area contributed by atoms with Gasteiger partial charge >= 0.3 is 0 Å². The van der Waals surface area contributed by atoms with Gasteiger partial charge in [0.1, 0.15) is 0 Å². The number of nitrogens with one attached hydrogen (secondary N) is 2. The number of aliphatic imine (C=N–C) groups is 1. The third-order valence-corrected chi connectivity index (χ3v) is 3.34. The Hall–Kier alpha value is -2.74. The number of hydrogen-bond donors (Lipinski definition) is 2. The van der Waals surface area contributed by atoms with E-state index in [-0.39, 0.29) is 0 Å². The SMILES string of the molecule is C#CCNC(=NCc1ccccc1-n1nc(C)cc1C)NCC. The smallest absolute Gasteiger partial charge is 0.192 e. The van der Waals surface area contributed by atoms with Crippen LogP contribution in [0.15, 0.2) is 35.3 Å². The first-order chi connectivity index (χ1) is 11.2. The highest BCUT2D eigenvalue weighted by molar-refractivity contribution is 5.80. The second kappa shape index (κ2) is 8.04. The van der Waals surface area contributed by atoms with Gasteiger partial charge in [0.2, 0.25) is 0 Å². The van der Waals surface area contributed by atoms with Gasteiger partial charge in [-0.1, -0.05) is 24.1 Å². The van der Waals surface area contributed by atoms with E-state index < -0.39 is 0 Å². The van der Waals surface area contributed by atoms with Crippen molar-refractivity contribution in [3.05, 3.63) is 47.3 Å². The van der Waals surface area contributed by atoms with Crippen LogP contribution in [0.1, 0.15) is 23.9 Å². The molecule has 23 heavy (non-hydrogen) atoms. The molecule has 5 heteroatoms. The standard InChI is InChI=1S/C18H23N5/c1-5-11-20-18(19-6-2)21-13-16-9-7-8-10-17(16)23-15(4)12-14(3)22-23/h1,7-10,12H,6,11,13H2,2-4H3,(H2,19,20,21). The van der Waals surface area contributed by atoms with Crippen molar-refractivity contribution in [3.8, 4) is 18.0 Å². The summed E-state index contributed by atoms with van der Waals surface area (Å²) in [6.45, 7) is 7.86. The van der Waals surface area contributed by atoms with Gasteiger partial charge in [0.25, 0.3) is 0 Å². The predicted molar refractivity (Wildman–Crippen MR) is 94.7 cm³/mol. The van der Waals surface area contributed by atoms with Crippen LogP contribution < -0.4 is 10.6 Å². The molecular formula is C18H23N5. The zero-order chi connectivity index (χ0) is 16.7. The van der Waals surface area contributed by atoms with Gasteiger partial charge in [-0.2, -0.15) is 5.10 Å². The van der Waals surface area contributed by atoms with Crippen LogP contribution in [-0.2, 0) is 6.54 Å². The molecule has 1 heterocycles. The Balaban J connectivity index is 2.27. The van der Waals surface area contributed by atoms with Crippen LogP contribution in [0.4, 0.5) is 0 Å². The second-order valence-electron chi connectivity index (χ2n) is 5.22. The van der Waals surface area contributed by atoms with Crippen LogP contribution in [0.25, 0.3) is 5.69 Å². The van der Waals surface area contributed by atoms with E-state index in [2.05, 4.69) is 51.8 Å². The van der Waals surface area contributed by atoms with Crippen molar-refractivity contribution in [1.82, 2.24) is 20.4 Å². The number of aromatic nitrogens is 2. The molecule has 0 fully saturated rings. The Labute approximate surface area is 137 Å². The van der Waals surface area contributed by atoms with Gasteiger partial charge in [0, 0.05) is 12.2 Å². The molecule has 0 aliphatic carbocycles. The lowest BCUT2D eigenvalue weighted by molar-refractivity contribution is 0.812. The van der Waals surface area contributed by atoms with Crippen LogP contribution in [0.2, 0.25) is 0 Å². The summed E-state index contributed by atoms with van der Waals surface area (Å²) in [5, 5.41) is 10.8. The zero-order valence-electron chi connectivity index (χ0n) is 13.9. The molecule has 5 nitrogen and oxygen atoms in total. The maximum atomic E-state index is 5.29. The van der Waals surface area contributed by atoms with E-state index in [0.717, 1.165) is 29.2 Å². The molecule has 0 bridgehead atoms. The maximum Gasteiger partial charge on any atom is 0.192 e. The summed E-state index contributed by atoms with van der Waals surface area (Å²) < 4.78 is 1.96. The first kappa shape index (κ1) is 16.6. The first-order valence-corrected chi connectivity index (χ1v) is 7.73. The topological polar surface area (TPSA) is 54.2 Å². The molecule has 0 radical (unpaired) electrons. The predicted octanol–water partition coefficient (Wildman–Crippen LogP) is 2.18. The van der Waals surface area contributed by atoms with Crippen molar-refractivity contribution in [3.63, 3.8) is 0 Å². The van der Waals surface area contributed by atoms with Crippen LogP contribution >= 0.6 is 0 Å². The van der Waals surface area contributed by atoms with Crippen molar-refractivity contribution in [1.29, 1.82) is 0 Å². The van der Waals surface area contributed by atoms with Gasteiger partial charge in [-0.15, -0.1) is 6.42 Å². The van der Waals surface area contributed by atoms with Gasteiger partial charge in [0.05, 0.1) is 24.5 Å². The monoisotopic (exact) mass is 309 g/mol. The quantitative estimate of drug-likeness (QED) is 0.506. The fourth-order valence-electron chi connectivity index (χ4n) is 2.36. The first-order valence-electron chi connectivity index (χ1n) is 7.73. The molecule has 0 spiro atoms. The van der Waals surface area contributed by atoms with Crippen molar-refractivity contribution in [2.45, 2.75) is 27.3 Å². The molecular weight excluding hydrogens is 286 g/mol. The largest absolute Gasteiger partial charge is 0.357 e. The second-order valence-corrected chi connectivity index (χ2v) is 5.22. The molecule has 0 aliphatic rings. The Bertz CT molecular complexity index is 721. The van der Waals surface area contributed by atoms with Gasteiger partial charge in [-0.05, 0) is 38.5 Å². The number of rotatable bonds is 5. The van der Waals surface area contributed by atoms with E-state index >= 15 is 0 Å². The average molecular weight is 309 g/mol. The van der Waals surface area contributed by atoms with Crippen molar-refractivity contribution < 1.29 is 0 Å². The number of terminal acetylenes is 1. The summed E-state index contributed by atoms with van der Waals surface area (Å²) in [6.07, 6.45) is 5.29. The average Bonchev–Trinajstić information content (AvgIpc) is 2.88. The number of para-hydroxylation sites is 1. The lowest BCUT2D eigenvalue weighted by atomic mass is 10.2. The summed E-state index contributed by atoms with van der Waals surface area (Å²) in [4.78, 5) is 4.60. The van der Waals surface area contributed by atoms with E-state index in [1.165, 1.54) is 0 Å². The van der Waals surface area contributed by atoms with E-state index in [1.54, 1.807) is 0 Å². The van der Waals surface area contributed by atoms with Gasteiger partial charge in [-0.25, -0.2) is 9.67 Å². The summed E-state index contributed by atoms with van der Waals surface area (Å²) in [7, 11) is 0. The minimum Gasteiger partial charge on any atom is -0.357 e. The minimum atomic E-state index is 0.449. The van der Waals surface area contributed by atoms with Gasteiger partial charge in [-0.3, -0.25) is 0 Å². The molecule has 1 aromatic heterocycles. The molecule has 0 amide bonds. The highest BCUT2D eigenvalue weighted by atomic mass is 15.3. The molecule has 0 saturated heterocycles. The molecule has 2 N–H and O–H groups in total. The molecule has 0 atom stereocenters. The summed E-state index contributed by atoms with van der Waals surface area (Å²) in [5.74, 6) is 3.27. The minimum absolute atomic E-state index is 0.449. The molecule has 0 aliphatic heterocycles. The molecule has 1 aromatic carbocycles. The normalized spacial score (nSPS) is 11.1. The molecule has 2 aromatic rings. The zero-order valence-corrected chi connectivity index (χ0v) is 13.9. The fourth-order valence-corrected chi connectivity index (χ4v) is 2.36. The van der Waals surface area contributed by atoms with Crippen molar-refractivity contribution in [2.24, 2.45) is 4.99 Å². The summed E-state index contributed by atoms with van der Waals surface area (Å²) >= 11 is 0. The van der Waals surface area contributed by atoms with Crippen LogP contribution in [0, 0.1) is 26.2 Å². The summed E-state index contributed by atoms with van der Waals surface area (Å²) in [6, 6.07) is 10.2. The molecule has 0 saturated carbocycles. The summed E-state index contributed by atoms with van der Waals surface area (Å²) in [5.41, 5.74) is 4.27. The number of guanidine groups is 1. The lowest BCUT2D eigenvalue weighted by Crippen LogP contribution is -2.37. The number of aryl methyl sites for hydroxylation is 2. The Morgan fingerprint density at radius 1 is 1.30 bits per heavy atom. The molecule has 120 valence electrons. The Morgan fingerprint density at radius 3 is 2.74 bits per heavy atom. The van der Waals surface area contributed by atoms with Gasteiger partial charge in [0.15, 0.2) is 5.96 Å². The Morgan fingerprint density at radius 2 is 2.09 bits per heavy atom. The van der Waals surface area contributed by atoms with Crippen LogP contribution in [0.3, 0.4) is 0 Å². The number of hydrogen-bond acceptors (Lipinski definition) is 2. The fraction of sp³-hybridized carbons (Fsp3) is 0.333. The van der Waals surface area contributed by atoms with Crippen LogP contribution in [-0.4, -0.2) is 28.8 Å². The molecule has 2 rings (SSSR count). The lowest BCUT2D eigenvalue weighted by Gasteiger charge is -2.12. The van der Waals surface area contributed by atoms with E-state index in [9.17, 15) is 0 Å². The van der Waals surface area contributed by atoms with Gasteiger partial charge < -0.3 is 10.6 Å². The van der Waals surface area contributed by atoms with Crippen LogP contribution in [0.5, 0.6) is 0 Å². The highest BCUT2D eigenvalue weighted by Gasteiger charge is 2.08. The third kappa shape index (κ3) is 4.36. The van der Waals surface area contributed by atoms with E-state index in [1.807, 2.05) is 30.7 Å². The van der Waals surface area contributed by atoms with Crippen molar-refractivity contribution in [2.75, 3.05) is 13.1 Å². The number of nitrogens with zero attached hydrogens (tertiary/aromatic N) is 3.